The normalized spacial score (nSPS) is 12.6. The van der Waals surface area contributed by atoms with Crippen molar-refractivity contribution in [2.45, 2.75) is 13.3 Å². The molecule has 2 aromatic rings. The molecule has 0 fully saturated rings. The summed E-state index contributed by atoms with van der Waals surface area (Å²) >= 11 is 3.40. The molecule has 0 saturated heterocycles. The zero-order valence-corrected chi connectivity index (χ0v) is 11.9. The van der Waals surface area contributed by atoms with Crippen LogP contribution >= 0.6 is 15.9 Å². The van der Waals surface area contributed by atoms with Gasteiger partial charge in [-0.2, -0.15) is 0 Å². The maximum absolute atomic E-state index is 12.0. The van der Waals surface area contributed by atoms with Crippen LogP contribution < -0.4 is 5.32 Å². The fourth-order valence-electron chi connectivity index (χ4n) is 1.80. The van der Waals surface area contributed by atoms with E-state index in [1.54, 1.807) is 0 Å². The van der Waals surface area contributed by atoms with Gasteiger partial charge in [-0.15, -0.1) is 0 Å². The molecule has 0 saturated carbocycles. The van der Waals surface area contributed by atoms with Gasteiger partial charge in [0.05, 0.1) is 5.56 Å². The number of alkyl halides is 1. The molecule has 1 heterocycles. The minimum Gasteiger partial charge on any atom is -0.463 e. The third-order valence-corrected chi connectivity index (χ3v) is 3.40. The number of nitrogens with one attached hydrogen (secondary N) is 1. The second-order valence-corrected chi connectivity index (χ2v) is 5.23. The summed E-state index contributed by atoms with van der Waals surface area (Å²) in [6, 6.07) is 7.56. The molecule has 1 N–H and O–H groups in total. The molecule has 0 spiro atoms. The molecule has 1 aromatic heterocycles. The van der Waals surface area contributed by atoms with Crippen molar-refractivity contribution in [3.05, 3.63) is 36.1 Å². The van der Waals surface area contributed by atoms with Gasteiger partial charge in [-0.25, -0.2) is 0 Å². The molecule has 0 aliphatic rings. The summed E-state index contributed by atoms with van der Waals surface area (Å²) in [6.07, 6.45) is 2.57. The lowest BCUT2D eigenvalue weighted by molar-refractivity contribution is 0.0948. The van der Waals surface area contributed by atoms with Crippen molar-refractivity contribution in [2.24, 2.45) is 5.92 Å². The summed E-state index contributed by atoms with van der Waals surface area (Å²) in [5.41, 5.74) is 1.35. The SMILES string of the molecule is CC(CCBr)CNC(=O)c1coc2ccccc12. The molecular weight excluding hydrogens is 294 g/mol. The van der Waals surface area contributed by atoms with Crippen LogP contribution in [0, 0.1) is 5.92 Å². The van der Waals surface area contributed by atoms with Crippen LogP contribution in [0.15, 0.2) is 34.9 Å². The highest BCUT2D eigenvalue weighted by molar-refractivity contribution is 9.09. The smallest absolute Gasteiger partial charge is 0.255 e. The number of rotatable bonds is 5. The molecule has 96 valence electrons. The van der Waals surface area contributed by atoms with Crippen molar-refractivity contribution in [2.75, 3.05) is 11.9 Å². The average Bonchev–Trinajstić information content (AvgIpc) is 2.80. The first-order valence-corrected chi connectivity index (χ1v) is 7.15. The largest absolute Gasteiger partial charge is 0.463 e. The number of para-hydroxylation sites is 1. The van der Waals surface area contributed by atoms with E-state index in [-0.39, 0.29) is 5.91 Å². The summed E-state index contributed by atoms with van der Waals surface area (Å²) in [4.78, 5) is 12.0. The fourth-order valence-corrected chi connectivity index (χ4v) is 2.59. The van der Waals surface area contributed by atoms with E-state index in [4.69, 9.17) is 4.42 Å². The maximum Gasteiger partial charge on any atom is 0.255 e. The number of hydrogen-bond donors (Lipinski definition) is 1. The molecule has 1 aromatic carbocycles. The van der Waals surface area contributed by atoms with Gasteiger partial charge in [0.25, 0.3) is 5.91 Å². The van der Waals surface area contributed by atoms with E-state index in [1.807, 2.05) is 24.3 Å². The van der Waals surface area contributed by atoms with Crippen molar-refractivity contribution in [1.29, 1.82) is 0 Å². The van der Waals surface area contributed by atoms with Gasteiger partial charge in [0.2, 0.25) is 0 Å². The lowest BCUT2D eigenvalue weighted by Crippen LogP contribution is -2.28. The molecule has 0 aliphatic heterocycles. The molecule has 0 aliphatic carbocycles. The molecule has 18 heavy (non-hydrogen) atoms. The van der Waals surface area contributed by atoms with Crippen molar-refractivity contribution < 1.29 is 9.21 Å². The van der Waals surface area contributed by atoms with Crippen LogP contribution in [-0.4, -0.2) is 17.8 Å². The van der Waals surface area contributed by atoms with Crippen LogP contribution in [0.2, 0.25) is 0 Å². The summed E-state index contributed by atoms with van der Waals surface area (Å²) in [5.74, 6) is 0.396. The van der Waals surface area contributed by atoms with Gasteiger partial charge in [0, 0.05) is 17.3 Å². The Morgan fingerprint density at radius 3 is 3.00 bits per heavy atom. The number of halogens is 1. The summed E-state index contributed by atoms with van der Waals surface area (Å²) < 4.78 is 5.36. The number of fused-ring (bicyclic) bond motifs is 1. The van der Waals surface area contributed by atoms with Gasteiger partial charge in [-0.3, -0.25) is 4.79 Å². The van der Waals surface area contributed by atoms with Crippen LogP contribution in [0.3, 0.4) is 0 Å². The van der Waals surface area contributed by atoms with E-state index < -0.39 is 0 Å². The standard InChI is InChI=1S/C14H16BrNO2/c1-10(6-7-15)8-16-14(17)12-9-18-13-5-3-2-4-11(12)13/h2-5,9-10H,6-8H2,1H3,(H,16,17). The molecule has 1 atom stereocenters. The second kappa shape index (κ2) is 6.05. The number of amides is 1. The Balaban J connectivity index is 2.05. The highest BCUT2D eigenvalue weighted by atomic mass is 79.9. The predicted octanol–water partition coefficient (Wildman–Crippen LogP) is 3.58. The topological polar surface area (TPSA) is 42.2 Å². The highest BCUT2D eigenvalue weighted by Gasteiger charge is 2.13. The van der Waals surface area contributed by atoms with Crippen LogP contribution in [0.25, 0.3) is 11.0 Å². The molecule has 4 heteroatoms. The lowest BCUT2D eigenvalue weighted by atomic mass is 10.1. The van der Waals surface area contributed by atoms with Gasteiger partial charge in [-0.05, 0) is 18.4 Å². The minimum absolute atomic E-state index is 0.0682. The molecular formula is C14H16BrNO2. The van der Waals surface area contributed by atoms with Crippen LogP contribution in [-0.2, 0) is 0 Å². The molecule has 1 amide bonds. The fraction of sp³-hybridized carbons (Fsp3) is 0.357. The Kier molecular flexibility index (Phi) is 4.42. The first-order chi connectivity index (χ1) is 8.72. The zero-order chi connectivity index (χ0) is 13.0. The third-order valence-electron chi connectivity index (χ3n) is 2.94. The van der Waals surface area contributed by atoms with E-state index in [0.29, 0.717) is 18.0 Å². The number of benzene rings is 1. The predicted molar refractivity (Wildman–Crippen MR) is 76.1 cm³/mol. The van der Waals surface area contributed by atoms with E-state index >= 15 is 0 Å². The van der Waals surface area contributed by atoms with Crippen LogP contribution in [0.4, 0.5) is 0 Å². The Morgan fingerprint density at radius 1 is 1.44 bits per heavy atom. The molecule has 1 unspecified atom stereocenters. The van der Waals surface area contributed by atoms with Crippen LogP contribution in [0.5, 0.6) is 0 Å². The van der Waals surface area contributed by atoms with Crippen molar-refractivity contribution >= 4 is 32.8 Å². The van der Waals surface area contributed by atoms with E-state index in [9.17, 15) is 4.79 Å². The monoisotopic (exact) mass is 309 g/mol. The highest BCUT2D eigenvalue weighted by Crippen LogP contribution is 2.20. The summed E-state index contributed by atoms with van der Waals surface area (Å²) in [5, 5.41) is 4.76. The Hall–Kier alpha value is -1.29. The zero-order valence-electron chi connectivity index (χ0n) is 10.3. The van der Waals surface area contributed by atoms with E-state index in [0.717, 1.165) is 22.7 Å². The van der Waals surface area contributed by atoms with E-state index in [1.165, 1.54) is 6.26 Å². The van der Waals surface area contributed by atoms with Gasteiger partial charge >= 0.3 is 0 Å². The number of carbonyl (C=O) groups is 1. The first kappa shape index (κ1) is 13.1. The Morgan fingerprint density at radius 2 is 2.22 bits per heavy atom. The van der Waals surface area contributed by atoms with Crippen molar-refractivity contribution in [3.63, 3.8) is 0 Å². The third kappa shape index (κ3) is 2.93. The first-order valence-electron chi connectivity index (χ1n) is 6.02. The quantitative estimate of drug-likeness (QED) is 0.858. The minimum atomic E-state index is -0.0682. The van der Waals surface area contributed by atoms with Gasteiger partial charge in [0.15, 0.2) is 0 Å². The van der Waals surface area contributed by atoms with Crippen molar-refractivity contribution in [1.82, 2.24) is 5.32 Å². The number of furan rings is 1. The number of hydrogen-bond acceptors (Lipinski definition) is 2. The molecule has 0 bridgehead atoms. The number of carbonyl (C=O) groups excluding carboxylic acids is 1. The van der Waals surface area contributed by atoms with Gasteiger partial charge < -0.3 is 9.73 Å². The van der Waals surface area contributed by atoms with Gasteiger partial charge in [-0.1, -0.05) is 41.1 Å². The summed E-state index contributed by atoms with van der Waals surface area (Å²) in [7, 11) is 0. The van der Waals surface area contributed by atoms with Crippen LogP contribution in [0.1, 0.15) is 23.7 Å². The molecule has 3 nitrogen and oxygen atoms in total. The second-order valence-electron chi connectivity index (χ2n) is 4.44. The molecule has 2 rings (SSSR count). The van der Waals surface area contributed by atoms with E-state index in [2.05, 4.69) is 28.2 Å². The Bertz CT molecular complexity index is 535. The van der Waals surface area contributed by atoms with Gasteiger partial charge in [0.1, 0.15) is 11.8 Å². The average molecular weight is 310 g/mol. The lowest BCUT2D eigenvalue weighted by Gasteiger charge is -2.10. The Labute approximate surface area is 115 Å². The molecule has 0 radical (unpaired) electrons. The van der Waals surface area contributed by atoms with Crippen molar-refractivity contribution in [3.8, 4) is 0 Å². The summed E-state index contributed by atoms with van der Waals surface area (Å²) in [6.45, 7) is 2.80. The maximum atomic E-state index is 12.0.